The molecular formula is C10H9F3N4O2S. The Morgan fingerprint density at radius 1 is 1.45 bits per heavy atom. The first-order chi connectivity index (χ1) is 9.38. The predicted molar refractivity (Wildman–Crippen MR) is 61.2 cm³/mol. The summed E-state index contributed by atoms with van der Waals surface area (Å²) < 4.78 is 43.7. The number of ether oxygens (including phenoxy) is 1. The second-order valence-corrected chi connectivity index (χ2v) is 5.38. The fourth-order valence-corrected chi connectivity index (χ4v) is 2.96. The van der Waals surface area contributed by atoms with Crippen molar-refractivity contribution in [2.45, 2.75) is 31.4 Å². The van der Waals surface area contributed by atoms with Crippen LogP contribution in [0.5, 0.6) is 0 Å². The Morgan fingerprint density at radius 2 is 2.15 bits per heavy atom. The summed E-state index contributed by atoms with van der Waals surface area (Å²) in [5.74, 6) is -1.63. The first-order valence-corrected chi connectivity index (χ1v) is 6.67. The van der Waals surface area contributed by atoms with E-state index in [0.717, 1.165) is 11.3 Å². The number of hydrogen-bond donors (Lipinski definition) is 0. The molecule has 0 aromatic carbocycles. The number of carbonyl (C=O) groups excluding carboxylic acids is 1. The molecular weight excluding hydrogens is 297 g/mol. The molecule has 2 heterocycles. The van der Waals surface area contributed by atoms with Gasteiger partial charge in [0, 0.05) is 0 Å². The molecule has 2 aromatic rings. The minimum Gasteiger partial charge on any atom is -0.465 e. The van der Waals surface area contributed by atoms with Crippen molar-refractivity contribution in [3.63, 3.8) is 0 Å². The Morgan fingerprint density at radius 3 is 2.70 bits per heavy atom. The molecule has 10 heteroatoms. The van der Waals surface area contributed by atoms with Crippen molar-refractivity contribution >= 4 is 22.3 Å². The second-order valence-electron chi connectivity index (χ2n) is 4.43. The molecule has 1 aliphatic carbocycles. The van der Waals surface area contributed by atoms with E-state index in [1.165, 1.54) is 0 Å². The first kappa shape index (κ1) is 13.3. The molecule has 0 unspecified atom stereocenters. The van der Waals surface area contributed by atoms with E-state index in [1.54, 1.807) is 6.92 Å². The number of aromatic nitrogens is 4. The smallest absolute Gasteiger partial charge is 0.453 e. The monoisotopic (exact) mass is 306 g/mol. The molecule has 1 fully saturated rings. The minimum absolute atomic E-state index is 0.0166. The number of nitrogens with zero attached hydrogens (tertiary/aromatic N) is 4. The van der Waals surface area contributed by atoms with Gasteiger partial charge in [-0.2, -0.15) is 22.8 Å². The van der Waals surface area contributed by atoms with E-state index in [4.69, 9.17) is 4.74 Å². The van der Waals surface area contributed by atoms with Gasteiger partial charge >= 0.3 is 12.1 Å². The minimum atomic E-state index is -4.63. The first-order valence-electron chi connectivity index (χ1n) is 5.85. The van der Waals surface area contributed by atoms with Gasteiger partial charge in [-0.3, -0.25) is 4.79 Å². The molecule has 0 aliphatic heterocycles. The maximum absolute atomic E-state index is 12.7. The normalized spacial score (nSPS) is 17.4. The van der Waals surface area contributed by atoms with Gasteiger partial charge in [0.15, 0.2) is 0 Å². The topological polar surface area (TPSA) is 69.4 Å². The van der Waals surface area contributed by atoms with Crippen molar-refractivity contribution in [2.75, 3.05) is 6.61 Å². The summed E-state index contributed by atoms with van der Waals surface area (Å²) in [7, 11) is 0. The molecule has 6 nitrogen and oxygen atoms in total. The highest BCUT2D eigenvalue weighted by molar-refractivity contribution is 7.17. The van der Waals surface area contributed by atoms with Crippen LogP contribution in [0.15, 0.2) is 0 Å². The van der Waals surface area contributed by atoms with Crippen LogP contribution in [0.1, 0.15) is 30.6 Å². The fraction of sp³-hybridized carbons (Fsp3) is 0.600. The fourth-order valence-electron chi connectivity index (χ4n) is 1.89. The second kappa shape index (κ2) is 4.14. The van der Waals surface area contributed by atoms with Crippen LogP contribution < -0.4 is 0 Å². The van der Waals surface area contributed by atoms with Crippen molar-refractivity contribution in [1.29, 1.82) is 0 Å². The molecule has 108 valence electrons. The lowest BCUT2D eigenvalue weighted by atomic mass is 10.1. The van der Waals surface area contributed by atoms with E-state index in [2.05, 4.69) is 15.3 Å². The molecule has 20 heavy (non-hydrogen) atoms. The van der Waals surface area contributed by atoms with Crippen molar-refractivity contribution in [2.24, 2.45) is 0 Å². The zero-order valence-electron chi connectivity index (χ0n) is 10.3. The third-order valence-corrected chi connectivity index (χ3v) is 4.17. The Hall–Kier alpha value is -1.71. The molecule has 0 bridgehead atoms. The molecule has 0 atom stereocenters. The Bertz CT molecular complexity index is 674. The lowest BCUT2D eigenvalue weighted by molar-refractivity contribution is -0.146. The molecule has 0 N–H and O–H groups in total. The van der Waals surface area contributed by atoms with Crippen LogP contribution in [-0.4, -0.2) is 32.4 Å². The summed E-state index contributed by atoms with van der Waals surface area (Å²) in [4.78, 5) is 11.9. The van der Waals surface area contributed by atoms with E-state index >= 15 is 0 Å². The zero-order chi connectivity index (χ0) is 14.5. The number of halogens is 3. The van der Waals surface area contributed by atoms with Gasteiger partial charge in [0.1, 0.15) is 10.4 Å². The molecule has 1 saturated carbocycles. The molecule has 0 radical (unpaired) electrons. The predicted octanol–water partition coefficient (Wildman–Crippen LogP) is 1.80. The van der Waals surface area contributed by atoms with Crippen molar-refractivity contribution < 1.29 is 22.7 Å². The van der Waals surface area contributed by atoms with Gasteiger partial charge in [-0.1, -0.05) is 11.3 Å². The van der Waals surface area contributed by atoms with E-state index in [9.17, 15) is 18.0 Å². The van der Waals surface area contributed by atoms with Crippen LogP contribution in [-0.2, 0) is 21.1 Å². The number of carbonyl (C=O) groups is 1. The summed E-state index contributed by atoms with van der Waals surface area (Å²) in [5.41, 5.74) is -0.899. The number of hydrogen-bond acceptors (Lipinski definition) is 6. The molecule has 1 aliphatic rings. The highest BCUT2D eigenvalue weighted by Crippen LogP contribution is 2.50. The Kier molecular flexibility index (Phi) is 2.75. The molecule has 2 aromatic heterocycles. The average molecular weight is 306 g/mol. The van der Waals surface area contributed by atoms with Crippen molar-refractivity contribution in [3.05, 3.63) is 10.8 Å². The highest BCUT2D eigenvalue weighted by Gasteiger charge is 2.56. The zero-order valence-corrected chi connectivity index (χ0v) is 11.1. The van der Waals surface area contributed by atoms with Gasteiger partial charge in [0.2, 0.25) is 4.96 Å². The number of esters is 1. The summed E-state index contributed by atoms with van der Waals surface area (Å²) >= 11 is 0.935. The summed E-state index contributed by atoms with van der Waals surface area (Å²) in [6.45, 7) is 1.90. The van der Waals surface area contributed by atoms with Crippen LogP contribution in [0.4, 0.5) is 13.2 Å². The third kappa shape index (κ3) is 1.86. The summed E-state index contributed by atoms with van der Waals surface area (Å²) in [6, 6.07) is 0. The summed E-state index contributed by atoms with van der Waals surface area (Å²) in [6.07, 6.45) is -3.58. The Labute approximate surface area is 114 Å². The summed E-state index contributed by atoms with van der Waals surface area (Å²) in [5, 5.41) is 10.7. The quantitative estimate of drug-likeness (QED) is 0.809. The van der Waals surface area contributed by atoms with E-state index in [1.807, 2.05) is 0 Å². The molecule has 0 saturated heterocycles. The van der Waals surface area contributed by atoms with Crippen LogP contribution in [0.3, 0.4) is 0 Å². The number of alkyl halides is 3. The van der Waals surface area contributed by atoms with Gasteiger partial charge in [0.05, 0.1) is 6.61 Å². The average Bonchev–Trinajstić information content (AvgIpc) is 2.89. The van der Waals surface area contributed by atoms with Gasteiger partial charge in [0.25, 0.3) is 5.82 Å². The maximum Gasteiger partial charge on any atom is 0.453 e. The van der Waals surface area contributed by atoms with Gasteiger partial charge in [-0.25, -0.2) is 0 Å². The number of fused-ring (bicyclic) bond motifs is 1. The highest BCUT2D eigenvalue weighted by atomic mass is 32.1. The van der Waals surface area contributed by atoms with Crippen LogP contribution >= 0.6 is 11.3 Å². The van der Waals surface area contributed by atoms with E-state index in [-0.39, 0.29) is 11.6 Å². The number of rotatable bonds is 3. The van der Waals surface area contributed by atoms with E-state index in [0.29, 0.717) is 22.4 Å². The Balaban J connectivity index is 2.02. The van der Waals surface area contributed by atoms with Crippen LogP contribution in [0.25, 0.3) is 4.96 Å². The SMILES string of the molecule is CCOC(=O)C1(c2nn3c(C(F)(F)F)nnc3s2)CC1. The van der Waals surface area contributed by atoms with Crippen LogP contribution in [0, 0.1) is 0 Å². The molecule has 0 spiro atoms. The van der Waals surface area contributed by atoms with Gasteiger partial charge in [-0.05, 0) is 19.8 Å². The van der Waals surface area contributed by atoms with Crippen LogP contribution in [0.2, 0.25) is 0 Å². The molecule has 3 rings (SSSR count). The standard InChI is InChI=1S/C10H9F3N4O2S/c1-2-19-7(18)9(3-4-9)6-16-17-5(10(11,12)13)14-15-8(17)20-6/h2-4H2,1H3. The van der Waals surface area contributed by atoms with E-state index < -0.39 is 23.4 Å². The largest absolute Gasteiger partial charge is 0.465 e. The van der Waals surface area contributed by atoms with Crippen molar-refractivity contribution in [1.82, 2.24) is 19.8 Å². The lowest BCUT2D eigenvalue weighted by Gasteiger charge is -2.09. The van der Waals surface area contributed by atoms with Crippen molar-refractivity contribution in [3.8, 4) is 0 Å². The maximum atomic E-state index is 12.7. The third-order valence-electron chi connectivity index (χ3n) is 3.07. The molecule has 0 amide bonds. The van der Waals surface area contributed by atoms with Gasteiger partial charge < -0.3 is 4.74 Å². The van der Waals surface area contributed by atoms with Gasteiger partial charge in [-0.15, -0.1) is 10.2 Å². The lowest BCUT2D eigenvalue weighted by Crippen LogP contribution is -2.23.